The Morgan fingerprint density at radius 2 is 2.24 bits per heavy atom. The quantitative estimate of drug-likeness (QED) is 0.771. The van der Waals surface area contributed by atoms with Crippen molar-refractivity contribution in [2.24, 2.45) is 0 Å². The summed E-state index contributed by atoms with van der Waals surface area (Å²) >= 11 is 0. The van der Waals surface area contributed by atoms with Crippen LogP contribution in [0, 0.1) is 0 Å². The van der Waals surface area contributed by atoms with Gasteiger partial charge < -0.3 is 20.1 Å². The van der Waals surface area contributed by atoms with Crippen LogP contribution < -0.4 is 10.6 Å². The molecule has 1 aromatic heterocycles. The number of hydrogen-bond acceptors (Lipinski definition) is 7. The van der Waals surface area contributed by atoms with Gasteiger partial charge in [-0.05, 0) is 6.54 Å². The second kappa shape index (κ2) is 8.11. The molecule has 7 nitrogen and oxygen atoms in total. The van der Waals surface area contributed by atoms with Crippen LogP contribution in [0.1, 0.15) is 12.7 Å². The molecule has 1 saturated heterocycles. The van der Waals surface area contributed by atoms with Gasteiger partial charge in [0.05, 0.1) is 12.7 Å². The first-order valence-corrected chi connectivity index (χ1v) is 7.37. The summed E-state index contributed by atoms with van der Waals surface area (Å²) in [5, 5.41) is 6.37. The monoisotopic (exact) mass is 295 g/mol. The topological polar surface area (TPSA) is 71.5 Å². The fraction of sp³-hybridized carbons (Fsp3) is 0.714. The zero-order chi connectivity index (χ0) is 15.1. The van der Waals surface area contributed by atoms with Crippen LogP contribution in [-0.2, 0) is 16.1 Å². The number of nitrogens with one attached hydrogen (secondary N) is 2. The van der Waals surface area contributed by atoms with Crippen molar-refractivity contribution in [1.29, 1.82) is 0 Å². The normalized spacial score (nSPS) is 19.5. The average molecular weight is 295 g/mol. The molecule has 1 aliphatic rings. The Bertz CT molecular complexity index is 443. The van der Waals surface area contributed by atoms with E-state index in [1.807, 2.05) is 13.1 Å². The molecule has 2 N–H and O–H groups in total. The van der Waals surface area contributed by atoms with Crippen LogP contribution in [0.2, 0.25) is 0 Å². The second-order valence-electron chi connectivity index (χ2n) is 5.00. The van der Waals surface area contributed by atoms with Crippen LogP contribution in [0.25, 0.3) is 0 Å². The van der Waals surface area contributed by atoms with Crippen molar-refractivity contribution in [3.05, 3.63) is 11.9 Å². The second-order valence-corrected chi connectivity index (χ2v) is 5.00. The largest absolute Gasteiger partial charge is 0.377 e. The number of rotatable bonds is 7. The minimum atomic E-state index is 0.192. The van der Waals surface area contributed by atoms with Crippen LogP contribution in [0.15, 0.2) is 6.07 Å². The predicted octanol–water partition coefficient (Wildman–Crippen LogP) is 0.797. The molecule has 1 atom stereocenters. The SMILES string of the molecule is CCN1CCOC(CNc2cc(NC)nc(COC)n2)C1. The zero-order valence-electron chi connectivity index (χ0n) is 13.1. The van der Waals surface area contributed by atoms with Gasteiger partial charge >= 0.3 is 0 Å². The van der Waals surface area contributed by atoms with Crippen molar-refractivity contribution in [2.75, 3.05) is 57.6 Å². The highest BCUT2D eigenvalue weighted by atomic mass is 16.5. The van der Waals surface area contributed by atoms with E-state index in [2.05, 4.69) is 32.4 Å². The van der Waals surface area contributed by atoms with Crippen molar-refractivity contribution >= 4 is 11.6 Å². The first-order chi connectivity index (χ1) is 10.2. The zero-order valence-corrected chi connectivity index (χ0v) is 13.1. The Labute approximate surface area is 126 Å². The third kappa shape index (κ3) is 4.80. The maximum Gasteiger partial charge on any atom is 0.158 e. The number of hydrogen-bond donors (Lipinski definition) is 2. The smallest absolute Gasteiger partial charge is 0.158 e. The summed E-state index contributed by atoms with van der Waals surface area (Å²) < 4.78 is 10.9. The molecule has 118 valence electrons. The Balaban J connectivity index is 1.93. The van der Waals surface area contributed by atoms with E-state index in [0.717, 1.165) is 44.4 Å². The van der Waals surface area contributed by atoms with E-state index in [1.165, 1.54) is 0 Å². The molecule has 2 heterocycles. The molecule has 2 rings (SSSR count). The number of aromatic nitrogens is 2. The standard InChI is InChI=1S/C14H25N5O2/c1-4-19-5-6-21-11(9-19)8-16-13-7-12(15-2)17-14(18-13)10-20-3/h7,11H,4-6,8-10H2,1-3H3,(H2,15,16,17,18). The van der Waals surface area contributed by atoms with Gasteiger partial charge in [0.1, 0.15) is 18.2 Å². The van der Waals surface area contributed by atoms with E-state index < -0.39 is 0 Å². The van der Waals surface area contributed by atoms with Crippen molar-refractivity contribution in [2.45, 2.75) is 19.6 Å². The molecule has 1 fully saturated rings. The van der Waals surface area contributed by atoms with Gasteiger partial charge in [-0.15, -0.1) is 0 Å². The van der Waals surface area contributed by atoms with E-state index in [4.69, 9.17) is 9.47 Å². The molecule has 0 aliphatic carbocycles. The Hall–Kier alpha value is -1.44. The Morgan fingerprint density at radius 1 is 1.43 bits per heavy atom. The Kier molecular flexibility index (Phi) is 6.16. The lowest BCUT2D eigenvalue weighted by molar-refractivity contribution is -0.0192. The molecule has 0 amide bonds. The third-order valence-electron chi connectivity index (χ3n) is 3.48. The lowest BCUT2D eigenvalue weighted by atomic mass is 10.2. The number of methoxy groups -OCH3 is 1. The minimum absolute atomic E-state index is 0.192. The van der Waals surface area contributed by atoms with Gasteiger partial charge in [0, 0.05) is 39.9 Å². The first-order valence-electron chi connectivity index (χ1n) is 7.37. The van der Waals surface area contributed by atoms with Crippen LogP contribution in [0.5, 0.6) is 0 Å². The fourth-order valence-corrected chi connectivity index (χ4v) is 2.32. The number of likely N-dealkylation sites (N-methyl/N-ethyl adjacent to an activating group) is 1. The summed E-state index contributed by atoms with van der Waals surface area (Å²) in [7, 11) is 3.48. The maximum atomic E-state index is 5.78. The number of nitrogens with zero attached hydrogens (tertiary/aromatic N) is 3. The van der Waals surface area contributed by atoms with Gasteiger partial charge in [-0.3, -0.25) is 4.90 Å². The van der Waals surface area contributed by atoms with Gasteiger partial charge in [-0.25, -0.2) is 9.97 Å². The maximum absolute atomic E-state index is 5.78. The minimum Gasteiger partial charge on any atom is -0.377 e. The number of morpholine rings is 1. The number of ether oxygens (including phenoxy) is 2. The molecular weight excluding hydrogens is 270 g/mol. The summed E-state index contributed by atoms with van der Waals surface area (Å²) in [5.41, 5.74) is 0. The molecule has 0 radical (unpaired) electrons. The van der Waals surface area contributed by atoms with Gasteiger partial charge in [0.15, 0.2) is 5.82 Å². The molecule has 0 saturated carbocycles. The van der Waals surface area contributed by atoms with Crippen molar-refractivity contribution < 1.29 is 9.47 Å². The molecule has 0 spiro atoms. The molecule has 0 aromatic carbocycles. The highest BCUT2D eigenvalue weighted by molar-refractivity contribution is 5.47. The van der Waals surface area contributed by atoms with E-state index in [1.54, 1.807) is 7.11 Å². The van der Waals surface area contributed by atoms with Crippen molar-refractivity contribution in [3.63, 3.8) is 0 Å². The van der Waals surface area contributed by atoms with Crippen LogP contribution >= 0.6 is 0 Å². The molecular formula is C14H25N5O2. The van der Waals surface area contributed by atoms with Gasteiger partial charge in [0.25, 0.3) is 0 Å². The highest BCUT2D eigenvalue weighted by Gasteiger charge is 2.19. The van der Waals surface area contributed by atoms with Gasteiger partial charge in [-0.1, -0.05) is 6.92 Å². The summed E-state index contributed by atoms with van der Waals surface area (Å²) in [4.78, 5) is 11.2. The molecule has 21 heavy (non-hydrogen) atoms. The molecule has 7 heteroatoms. The molecule has 1 unspecified atom stereocenters. The van der Waals surface area contributed by atoms with Crippen LogP contribution in [0.3, 0.4) is 0 Å². The lowest BCUT2D eigenvalue weighted by Crippen LogP contribution is -2.45. The average Bonchev–Trinajstić information content (AvgIpc) is 2.53. The third-order valence-corrected chi connectivity index (χ3v) is 3.48. The molecule has 0 bridgehead atoms. The summed E-state index contributed by atoms with van der Waals surface area (Å²) in [6.07, 6.45) is 0.192. The first kappa shape index (κ1) is 15.9. The lowest BCUT2D eigenvalue weighted by Gasteiger charge is -2.32. The summed E-state index contributed by atoms with van der Waals surface area (Å²) in [6, 6.07) is 1.89. The summed E-state index contributed by atoms with van der Waals surface area (Å²) in [6.45, 7) is 7.14. The van der Waals surface area contributed by atoms with E-state index in [-0.39, 0.29) is 6.10 Å². The van der Waals surface area contributed by atoms with Gasteiger partial charge in [-0.2, -0.15) is 0 Å². The van der Waals surface area contributed by atoms with E-state index in [9.17, 15) is 0 Å². The summed E-state index contributed by atoms with van der Waals surface area (Å²) in [5.74, 6) is 2.23. The molecule has 1 aliphatic heterocycles. The molecule has 1 aromatic rings. The van der Waals surface area contributed by atoms with Crippen LogP contribution in [-0.4, -0.2) is 67.9 Å². The number of anilines is 2. The highest BCUT2D eigenvalue weighted by Crippen LogP contribution is 2.12. The van der Waals surface area contributed by atoms with Crippen LogP contribution in [0.4, 0.5) is 11.6 Å². The fourth-order valence-electron chi connectivity index (χ4n) is 2.32. The van der Waals surface area contributed by atoms with Crippen molar-refractivity contribution in [3.8, 4) is 0 Å². The Morgan fingerprint density at radius 3 is 2.95 bits per heavy atom. The van der Waals surface area contributed by atoms with E-state index in [0.29, 0.717) is 12.4 Å². The predicted molar refractivity (Wildman–Crippen MR) is 82.6 cm³/mol. The van der Waals surface area contributed by atoms with Gasteiger partial charge in [0.2, 0.25) is 0 Å². The van der Waals surface area contributed by atoms with Crippen molar-refractivity contribution in [1.82, 2.24) is 14.9 Å². The van der Waals surface area contributed by atoms with E-state index >= 15 is 0 Å².